The molecule has 0 radical (unpaired) electrons. The minimum Gasteiger partial charge on any atom is -0.393 e. The molecule has 3 fully saturated rings. The van der Waals surface area contributed by atoms with Gasteiger partial charge in [0.05, 0.1) is 6.10 Å². The van der Waals surface area contributed by atoms with E-state index in [9.17, 15) is 15.0 Å². The van der Waals surface area contributed by atoms with Gasteiger partial charge in [-0.3, -0.25) is 4.79 Å². The maximum Gasteiger partial charge on any atom is 0.155 e. The zero-order valence-electron chi connectivity index (χ0n) is 16.4. The van der Waals surface area contributed by atoms with Crippen LogP contribution in [0.25, 0.3) is 0 Å². The minimum atomic E-state index is -0.706. The number of carbonyl (C=O) groups excluding carboxylic acids is 1. The van der Waals surface area contributed by atoms with Crippen LogP contribution in [-0.2, 0) is 4.79 Å². The second-order valence-electron chi connectivity index (χ2n) is 9.80. The van der Waals surface area contributed by atoms with E-state index >= 15 is 0 Å². The summed E-state index contributed by atoms with van der Waals surface area (Å²) < 4.78 is 0. The second-order valence-corrected chi connectivity index (χ2v) is 10.4. The number of aliphatic hydroxyl groups is 2. The van der Waals surface area contributed by atoms with Gasteiger partial charge in [0.25, 0.3) is 0 Å². The van der Waals surface area contributed by atoms with Crippen LogP contribution in [0.15, 0.2) is 11.6 Å². The van der Waals surface area contributed by atoms with Crippen LogP contribution in [-0.4, -0.2) is 27.5 Å². The Hall–Kier alpha value is -0.760. The molecular formula is C23H32O3S. The third-order valence-electron chi connectivity index (χ3n) is 8.45. The van der Waals surface area contributed by atoms with Crippen LogP contribution in [0, 0.1) is 46.3 Å². The van der Waals surface area contributed by atoms with Crippen molar-refractivity contribution in [3.8, 4) is 11.8 Å². The molecule has 0 saturated heterocycles. The molecule has 0 aromatic carbocycles. The van der Waals surface area contributed by atoms with Crippen molar-refractivity contribution < 1.29 is 15.0 Å². The Morgan fingerprint density at radius 2 is 2.07 bits per heavy atom. The number of thiol groups is 1. The number of ketones is 1. The molecule has 0 heterocycles. The van der Waals surface area contributed by atoms with Crippen molar-refractivity contribution >= 4 is 18.4 Å². The smallest absolute Gasteiger partial charge is 0.155 e. The lowest BCUT2D eigenvalue weighted by Crippen LogP contribution is -2.54. The number of allylic oxidation sites excluding steroid dienone is 1. The van der Waals surface area contributed by atoms with E-state index in [1.165, 1.54) is 5.57 Å². The van der Waals surface area contributed by atoms with Crippen molar-refractivity contribution in [2.24, 2.45) is 34.5 Å². The molecule has 4 rings (SSSR count). The normalized spacial score (nSPS) is 47.1. The second kappa shape index (κ2) is 6.94. The lowest BCUT2D eigenvalue weighted by Gasteiger charge is -2.59. The summed E-state index contributed by atoms with van der Waals surface area (Å²) in [6.45, 7) is 4.63. The van der Waals surface area contributed by atoms with E-state index in [1.54, 1.807) is 0 Å². The highest BCUT2D eigenvalue weighted by molar-refractivity contribution is 7.80. The molecule has 0 aromatic heterocycles. The SMILES string of the molecule is CC12CCC(=O)C=C1CCC1C2C(C#CCC(O)S)CC2(C)C(O)CCC12. The molecule has 8 atom stereocenters. The number of hydrogen-bond acceptors (Lipinski definition) is 4. The van der Waals surface area contributed by atoms with Crippen molar-refractivity contribution in [2.75, 3.05) is 0 Å². The fraction of sp³-hybridized carbons (Fsp3) is 0.783. The van der Waals surface area contributed by atoms with Crippen LogP contribution < -0.4 is 0 Å². The highest BCUT2D eigenvalue weighted by Gasteiger charge is 2.61. The highest BCUT2D eigenvalue weighted by atomic mass is 32.1. The molecule has 4 heteroatoms. The predicted octanol–water partition coefficient (Wildman–Crippen LogP) is 3.75. The highest BCUT2D eigenvalue weighted by Crippen LogP contribution is 2.66. The molecule has 4 aliphatic carbocycles. The van der Waals surface area contributed by atoms with Crippen molar-refractivity contribution in [1.29, 1.82) is 0 Å². The maximum absolute atomic E-state index is 12.1. The summed E-state index contributed by atoms with van der Waals surface area (Å²) in [7, 11) is 0. The molecular weight excluding hydrogens is 356 g/mol. The molecule has 148 valence electrons. The van der Waals surface area contributed by atoms with Crippen molar-refractivity contribution in [3.63, 3.8) is 0 Å². The zero-order valence-corrected chi connectivity index (χ0v) is 17.3. The van der Waals surface area contributed by atoms with Gasteiger partial charge in [-0.25, -0.2) is 0 Å². The third kappa shape index (κ3) is 3.11. The molecule has 0 bridgehead atoms. The number of hydrogen-bond donors (Lipinski definition) is 3. The van der Waals surface area contributed by atoms with Gasteiger partial charge in [0.15, 0.2) is 5.78 Å². The number of carbonyl (C=O) groups is 1. The Bertz CT molecular complexity index is 717. The van der Waals surface area contributed by atoms with Gasteiger partial charge in [-0.05, 0) is 73.2 Å². The quantitative estimate of drug-likeness (QED) is 0.364. The summed E-state index contributed by atoms with van der Waals surface area (Å²) in [6.07, 6.45) is 8.70. The lowest BCUT2D eigenvalue weighted by atomic mass is 9.44. The number of rotatable bonds is 1. The summed E-state index contributed by atoms with van der Waals surface area (Å²) in [5.74, 6) is 8.72. The first-order chi connectivity index (χ1) is 12.8. The van der Waals surface area contributed by atoms with Gasteiger partial charge >= 0.3 is 0 Å². The van der Waals surface area contributed by atoms with Crippen LogP contribution in [0.4, 0.5) is 0 Å². The van der Waals surface area contributed by atoms with Gasteiger partial charge in [-0.1, -0.05) is 31.3 Å². The first kappa shape index (κ1) is 19.6. The average molecular weight is 389 g/mol. The first-order valence-electron chi connectivity index (χ1n) is 10.5. The first-order valence-corrected chi connectivity index (χ1v) is 11.0. The largest absolute Gasteiger partial charge is 0.393 e. The van der Waals surface area contributed by atoms with E-state index in [1.807, 2.05) is 6.08 Å². The molecule has 0 spiro atoms. The van der Waals surface area contributed by atoms with Crippen molar-refractivity contribution in [3.05, 3.63) is 11.6 Å². The zero-order chi connectivity index (χ0) is 19.4. The van der Waals surface area contributed by atoms with Gasteiger partial charge in [0.1, 0.15) is 5.44 Å². The Morgan fingerprint density at radius 1 is 1.30 bits per heavy atom. The Labute approximate surface area is 168 Å². The summed E-state index contributed by atoms with van der Waals surface area (Å²) in [4.78, 5) is 12.1. The van der Waals surface area contributed by atoms with Gasteiger partial charge in [0, 0.05) is 18.8 Å². The lowest BCUT2D eigenvalue weighted by molar-refractivity contribution is -0.119. The molecule has 4 aliphatic rings. The molecule has 0 amide bonds. The molecule has 2 N–H and O–H groups in total. The van der Waals surface area contributed by atoms with E-state index in [2.05, 4.69) is 38.3 Å². The molecule has 3 saturated carbocycles. The molecule has 3 nitrogen and oxygen atoms in total. The molecule has 0 aromatic rings. The average Bonchev–Trinajstić information content (AvgIpc) is 2.90. The van der Waals surface area contributed by atoms with E-state index in [-0.39, 0.29) is 28.6 Å². The maximum atomic E-state index is 12.1. The van der Waals surface area contributed by atoms with Gasteiger partial charge in [-0.2, -0.15) is 0 Å². The van der Waals surface area contributed by atoms with E-state index in [0.717, 1.165) is 38.5 Å². The molecule has 8 unspecified atom stereocenters. The van der Waals surface area contributed by atoms with Gasteiger partial charge in [-0.15, -0.1) is 12.6 Å². The van der Waals surface area contributed by atoms with Crippen molar-refractivity contribution in [2.45, 2.75) is 76.8 Å². The van der Waals surface area contributed by atoms with Crippen molar-refractivity contribution in [1.82, 2.24) is 0 Å². The number of fused-ring (bicyclic) bond motifs is 5. The number of aliphatic hydroxyl groups excluding tert-OH is 2. The Kier molecular flexibility index (Phi) is 5.02. The van der Waals surface area contributed by atoms with E-state index in [0.29, 0.717) is 30.6 Å². The molecule has 27 heavy (non-hydrogen) atoms. The van der Waals surface area contributed by atoms with Crippen LogP contribution in [0.2, 0.25) is 0 Å². The van der Waals surface area contributed by atoms with Crippen LogP contribution >= 0.6 is 12.6 Å². The third-order valence-corrected chi connectivity index (χ3v) is 8.63. The topological polar surface area (TPSA) is 57.5 Å². The van der Waals surface area contributed by atoms with E-state index < -0.39 is 5.44 Å². The fourth-order valence-electron chi connectivity index (χ4n) is 7.14. The standard InChI is InChI=1S/C23H32O3S/c1-22-11-10-16(24)12-15(22)6-7-17-18-8-9-19(25)23(18,2)13-14(21(17)22)4-3-5-20(26)27/h12,14,17-21,25-27H,5-11,13H2,1-2H3. The van der Waals surface area contributed by atoms with Crippen LogP contribution in [0.3, 0.4) is 0 Å². The predicted molar refractivity (Wildman–Crippen MR) is 109 cm³/mol. The Morgan fingerprint density at radius 3 is 2.81 bits per heavy atom. The molecule has 0 aliphatic heterocycles. The van der Waals surface area contributed by atoms with E-state index in [4.69, 9.17) is 0 Å². The minimum absolute atomic E-state index is 0.0463. The summed E-state index contributed by atoms with van der Waals surface area (Å²) in [6, 6.07) is 0. The monoisotopic (exact) mass is 388 g/mol. The van der Waals surface area contributed by atoms with Crippen LogP contribution in [0.5, 0.6) is 0 Å². The summed E-state index contributed by atoms with van der Waals surface area (Å²) >= 11 is 4.05. The summed E-state index contributed by atoms with van der Waals surface area (Å²) in [5.41, 5.74) is 0.623. The van der Waals surface area contributed by atoms with Crippen LogP contribution in [0.1, 0.15) is 65.2 Å². The van der Waals surface area contributed by atoms with Gasteiger partial charge in [0.2, 0.25) is 0 Å². The van der Waals surface area contributed by atoms with Gasteiger partial charge < -0.3 is 10.2 Å². The Balaban J connectivity index is 1.74. The summed E-state index contributed by atoms with van der Waals surface area (Å²) in [5, 5.41) is 20.3. The fourth-order valence-corrected chi connectivity index (χ4v) is 7.23.